The third-order valence-electron chi connectivity index (χ3n) is 4.40. The Morgan fingerprint density at radius 1 is 0.923 bits per heavy atom. The number of hydrogen-bond donors (Lipinski definition) is 1. The van der Waals surface area contributed by atoms with Crippen molar-refractivity contribution >= 4 is 22.1 Å². The van der Waals surface area contributed by atoms with Crippen LogP contribution in [0.1, 0.15) is 78.1 Å². The van der Waals surface area contributed by atoms with Gasteiger partial charge in [-0.25, -0.2) is 0 Å². The number of rotatable bonds is 14. The molecular weight excluding hydrogens is 382 g/mol. The van der Waals surface area contributed by atoms with Crippen molar-refractivity contribution in [1.82, 2.24) is 0 Å². The van der Waals surface area contributed by atoms with Gasteiger partial charge >= 0.3 is 59.1 Å². The standard InChI is InChI=1S/C16H30O7S.2Na/c1-3-5-7-9-11-13(14(17)18)16(15(19)20,24(21,22)23)12-10-8-6-4-2;;/h13H,3-12H2,1-2H3,(H,17,18)(H,19,20)(H,21,22,23);;/q;2*+1/p-2. The Hall–Kier alpha value is 0.850. The summed E-state index contributed by atoms with van der Waals surface area (Å²) in [5.74, 6) is -5.70. The van der Waals surface area contributed by atoms with Gasteiger partial charge < -0.3 is 19.8 Å². The van der Waals surface area contributed by atoms with E-state index in [4.69, 9.17) is 0 Å². The van der Waals surface area contributed by atoms with Gasteiger partial charge in [0.25, 0.3) is 10.1 Å². The van der Waals surface area contributed by atoms with Crippen LogP contribution in [0.4, 0.5) is 0 Å². The molecule has 0 heterocycles. The molecule has 0 aromatic carbocycles. The molecule has 0 amide bonds. The summed E-state index contributed by atoms with van der Waals surface area (Å²) in [6.45, 7) is 3.88. The molecule has 0 saturated carbocycles. The molecule has 0 spiro atoms. The molecule has 0 rings (SSSR count). The molecule has 0 aromatic rings. The SMILES string of the molecule is CCCCCCC(C(=O)[O-])C(CCCCCC)(C(=O)[O-])S(=O)(=O)O.[Na+].[Na+]. The van der Waals surface area contributed by atoms with Crippen LogP contribution in [0.3, 0.4) is 0 Å². The Labute approximate surface area is 201 Å². The monoisotopic (exact) mass is 410 g/mol. The third kappa shape index (κ3) is 9.37. The number of carboxylic acids is 2. The Balaban J connectivity index is -0.00000264. The first-order chi connectivity index (χ1) is 11.1. The van der Waals surface area contributed by atoms with E-state index in [2.05, 4.69) is 0 Å². The van der Waals surface area contributed by atoms with Gasteiger partial charge in [-0.05, 0) is 12.8 Å². The maximum atomic E-state index is 11.8. The van der Waals surface area contributed by atoms with Gasteiger partial charge in [0.05, 0.1) is 5.97 Å². The number of hydrogen-bond acceptors (Lipinski definition) is 6. The van der Waals surface area contributed by atoms with Crippen molar-refractivity contribution in [2.24, 2.45) is 5.92 Å². The van der Waals surface area contributed by atoms with Crippen molar-refractivity contribution in [3.05, 3.63) is 0 Å². The van der Waals surface area contributed by atoms with E-state index in [-0.39, 0.29) is 72.0 Å². The molecule has 0 bridgehead atoms. The van der Waals surface area contributed by atoms with Gasteiger partial charge in [0, 0.05) is 11.9 Å². The summed E-state index contributed by atoms with van der Waals surface area (Å²) >= 11 is 0. The van der Waals surface area contributed by atoms with Crippen molar-refractivity contribution in [2.45, 2.75) is 82.8 Å². The maximum absolute atomic E-state index is 11.8. The molecule has 2 atom stereocenters. The molecule has 0 fully saturated rings. The van der Waals surface area contributed by atoms with Crippen LogP contribution < -0.4 is 69.3 Å². The molecule has 1 N–H and O–H groups in total. The summed E-state index contributed by atoms with van der Waals surface area (Å²) < 4.78 is 30.4. The number of unbranched alkanes of at least 4 members (excludes halogenated alkanes) is 6. The molecule has 10 heteroatoms. The first-order valence-corrected chi connectivity index (χ1v) is 9.98. The summed E-state index contributed by atoms with van der Waals surface area (Å²) in [6, 6.07) is 0. The minimum absolute atomic E-state index is 0. The second-order valence-corrected chi connectivity index (χ2v) is 7.86. The number of carbonyl (C=O) groups excluding carboxylic acids is 2. The molecule has 26 heavy (non-hydrogen) atoms. The largest absolute Gasteiger partial charge is 1.00 e. The smallest absolute Gasteiger partial charge is 0.550 e. The van der Waals surface area contributed by atoms with Crippen LogP contribution in [-0.2, 0) is 19.7 Å². The van der Waals surface area contributed by atoms with Crippen LogP contribution in [0.2, 0.25) is 0 Å². The second-order valence-electron chi connectivity index (χ2n) is 6.18. The average Bonchev–Trinajstić information content (AvgIpc) is 2.46. The number of carbonyl (C=O) groups is 2. The van der Waals surface area contributed by atoms with E-state index in [1.165, 1.54) is 0 Å². The van der Waals surface area contributed by atoms with Crippen LogP contribution in [0.5, 0.6) is 0 Å². The van der Waals surface area contributed by atoms with E-state index < -0.39 is 39.1 Å². The van der Waals surface area contributed by atoms with Gasteiger partial charge in [0.1, 0.15) is 4.75 Å². The van der Waals surface area contributed by atoms with Crippen molar-refractivity contribution in [2.75, 3.05) is 0 Å². The van der Waals surface area contributed by atoms with Crippen molar-refractivity contribution in [1.29, 1.82) is 0 Å². The molecular formula is C16H28Na2O7S. The van der Waals surface area contributed by atoms with Crippen molar-refractivity contribution in [3.63, 3.8) is 0 Å². The Morgan fingerprint density at radius 2 is 1.38 bits per heavy atom. The molecule has 0 aromatic heterocycles. The number of carboxylic acid groups (broad SMARTS) is 2. The van der Waals surface area contributed by atoms with Crippen LogP contribution in [0, 0.1) is 5.92 Å². The minimum Gasteiger partial charge on any atom is -0.550 e. The quantitative estimate of drug-likeness (QED) is 0.172. The summed E-state index contributed by atoms with van der Waals surface area (Å²) in [6.07, 6.45) is 4.29. The second kappa shape index (κ2) is 15.7. The molecule has 2 unspecified atom stereocenters. The van der Waals surface area contributed by atoms with E-state index in [9.17, 15) is 32.8 Å². The van der Waals surface area contributed by atoms with E-state index in [1.807, 2.05) is 13.8 Å². The van der Waals surface area contributed by atoms with E-state index in [1.54, 1.807) is 0 Å². The molecule has 0 aliphatic heterocycles. The third-order valence-corrected chi connectivity index (χ3v) is 5.98. The van der Waals surface area contributed by atoms with Gasteiger partial charge in [-0.2, -0.15) is 8.42 Å². The maximum Gasteiger partial charge on any atom is 1.00 e. The first kappa shape index (κ1) is 31.5. The van der Waals surface area contributed by atoms with E-state index in [0.29, 0.717) is 19.3 Å². The van der Waals surface area contributed by atoms with E-state index in [0.717, 1.165) is 25.7 Å². The van der Waals surface area contributed by atoms with Gasteiger partial charge in [-0.1, -0.05) is 65.2 Å². The zero-order chi connectivity index (χ0) is 18.8. The Kier molecular flexibility index (Phi) is 19.1. The van der Waals surface area contributed by atoms with E-state index >= 15 is 0 Å². The molecule has 0 aliphatic carbocycles. The molecule has 142 valence electrons. The minimum atomic E-state index is -5.18. The topological polar surface area (TPSA) is 135 Å². The van der Waals surface area contributed by atoms with Gasteiger partial charge in [-0.3, -0.25) is 4.55 Å². The summed E-state index contributed by atoms with van der Waals surface area (Å²) in [4.78, 5) is 23.1. The summed E-state index contributed by atoms with van der Waals surface area (Å²) in [7, 11) is -5.18. The Morgan fingerprint density at radius 3 is 1.73 bits per heavy atom. The van der Waals surface area contributed by atoms with Crippen molar-refractivity contribution in [3.8, 4) is 0 Å². The fraction of sp³-hybridized carbons (Fsp3) is 0.875. The predicted molar refractivity (Wildman–Crippen MR) is 85.3 cm³/mol. The average molecular weight is 410 g/mol. The van der Waals surface area contributed by atoms with Gasteiger partial charge in [0.15, 0.2) is 0 Å². The number of aliphatic carboxylic acids is 2. The zero-order valence-electron chi connectivity index (χ0n) is 16.5. The van der Waals surface area contributed by atoms with Crippen molar-refractivity contribution < 1.29 is 91.9 Å². The summed E-state index contributed by atoms with van der Waals surface area (Å²) in [5.41, 5.74) is 0. The van der Waals surface area contributed by atoms with Crippen LogP contribution in [-0.4, -0.2) is 29.7 Å². The Bertz CT molecular complexity index is 511. The van der Waals surface area contributed by atoms with Crippen LogP contribution in [0.15, 0.2) is 0 Å². The normalized spacial score (nSPS) is 14.4. The molecule has 0 radical (unpaired) electrons. The zero-order valence-corrected chi connectivity index (χ0v) is 21.3. The van der Waals surface area contributed by atoms with Crippen LogP contribution >= 0.6 is 0 Å². The summed E-state index contributed by atoms with van der Waals surface area (Å²) in [5, 5.41) is 23.1. The van der Waals surface area contributed by atoms with Gasteiger partial charge in [0.2, 0.25) is 0 Å². The fourth-order valence-corrected chi connectivity index (χ4v) is 4.15. The van der Waals surface area contributed by atoms with Gasteiger partial charge in [-0.15, -0.1) is 0 Å². The molecule has 0 saturated heterocycles. The van der Waals surface area contributed by atoms with Crippen LogP contribution in [0.25, 0.3) is 0 Å². The fourth-order valence-electron chi connectivity index (χ4n) is 2.96. The molecule has 7 nitrogen and oxygen atoms in total. The molecule has 0 aliphatic rings. The first-order valence-electron chi connectivity index (χ1n) is 8.54. The predicted octanol–water partition coefficient (Wildman–Crippen LogP) is -5.32.